The molecule has 0 saturated heterocycles. The lowest BCUT2D eigenvalue weighted by Crippen LogP contribution is -2.20. The number of nitrogens with zero attached hydrogens (tertiary/aromatic N) is 2. The minimum Gasteiger partial charge on any atom is -0.337 e. The number of para-hydroxylation sites is 2. The third kappa shape index (κ3) is 4.75. The number of hydrogen-bond acceptors (Lipinski definition) is 5. The number of rotatable bonds is 5. The van der Waals surface area contributed by atoms with E-state index in [1.807, 2.05) is 26.0 Å². The predicted molar refractivity (Wildman–Crippen MR) is 121 cm³/mol. The highest BCUT2D eigenvalue weighted by molar-refractivity contribution is 7.92. The molecule has 0 aliphatic rings. The Balaban J connectivity index is 1.81. The van der Waals surface area contributed by atoms with Gasteiger partial charge in [-0.2, -0.15) is 13.2 Å². The molecule has 4 rings (SSSR count). The van der Waals surface area contributed by atoms with E-state index in [2.05, 4.69) is 20.0 Å². The number of anilines is 3. The number of hydrogen-bond donors (Lipinski definition) is 2. The lowest BCUT2D eigenvalue weighted by molar-refractivity contribution is -0.139. The minimum absolute atomic E-state index is 0.0602. The monoisotopic (exact) mass is 472 g/mol. The van der Waals surface area contributed by atoms with Crippen molar-refractivity contribution < 1.29 is 21.6 Å². The smallest absolute Gasteiger partial charge is 0.337 e. The largest absolute Gasteiger partial charge is 0.417 e. The van der Waals surface area contributed by atoms with Crippen LogP contribution in [0.4, 0.5) is 30.5 Å². The summed E-state index contributed by atoms with van der Waals surface area (Å²) in [6.07, 6.45) is -4.85. The van der Waals surface area contributed by atoms with E-state index in [1.165, 1.54) is 6.07 Å². The number of fused-ring (bicyclic) bond motifs is 1. The van der Waals surface area contributed by atoms with Crippen LogP contribution in [0.15, 0.2) is 71.6 Å². The second kappa shape index (κ2) is 8.36. The zero-order valence-corrected chi connectivity index (χ0v) is 18.4. The van der Waals surface area contributed by atoms with Gasteiger partial charge in [0.25, 0.3) is 10.0 Å². The second-order valence-electron chi connectivity index (χ2n) is 7.43. The number of alkyl halides is 3. The van der Waals surface area contributed by atoms with E-state index >= 15 is 0 Å². The second-order valence-corrected chi connectivity index (χ2v) is 9.08. The fourth-order valence-electron chi connectivity index (χ4n) is 3.23. The van der Waals surface area contributed by atoms with E-state index in [0.29, 0.717) is 16.7 Å². The molecule has 1 aromatic heterocycles. The Kier molecular flexibility index (Phi) is 5.71. The first kappa shape index (κ1) is 22.5. The number of sulfonamides is 1. The first-order valence-corrected chi connectivity index (χ1v) is 11.3. The molecule has 0 spiro atoms. The molecule has 170 valence electrons. The van der Waals surface area contributed by atoms with Crippen LogP contribution in [-0.2, 0) is 16.2 Å². The van der Waals surface area contributed by atoms with Crippen LogP contribution in [0.2, 0.25) is 0 Å². The van der Waals surface area contributed by atoms with Crippen LogP contribution < -0.4 is 10.0 Å². The van der Waals surface area contributed by atoms with Gasteiger partial charge in [-0.25, -0.2) is 18.4 Å². The van der Waals surface area contributed by atoms with E-state index in [-0.39, 0.29) is 11.6 Å². The van der Waals surface area contributed by atoms with E-state index in [1.54, 1.807) is 30.3 Å². The van der Waals surface area contributed by atoms with Gasteiger partial charge in [-0.3, -0.25) is 4.72 Å². The summed E-state index contributed by atoms with van der Waals surface area (Å²) in [5, 5.41) is 3.03. The van der Waals surface area contributed by atoms with Crippen LogP contribution >= 0.6 is 0 Å². The van der Waals surface area contributed by atoms with Crippen molar-refractivity contribution in [3.05, 3.63) is 83.4 Å². The van der Waals surface area contributed by atoms with Crippen molar-refractivity contribution in [3.8, 4) is 0 Å². The van der Waals surface area contributed by atoms with Gasteiger partial charge in [-0.15, -0.1) is 0 Å². The number of halogens is 3. The third-order valence-electron chi connectivity index (χ3n) is 5.05. The molecule has 6 nitrogen and oxygen atoms in total. The van der Waals surface area contributed by atoms with Gasteiger partial charge in [0.15, 0.2) is 11.6 Å². The summed E-state index contributed by atoms with van der Waals surface area (Å²) in [5.74, 6) is -0.158. The van der Waals surface area contributed by atoms with E-state index < -0.39 is 26.7 Å². The summed E-state index contributed by atoms with van der Waals surface area (Å²) in [4.78, 5) is 7.87. The van der Waals surface area contributed by atoms with Gasteiger partial charge in [0.1, 0.15) is 0 Å². The highest BCUT2D eigenvalue weighted by Crippen LogP contribution is 2.35. The molecule has 0 fully saturated rings. The normalized spacial score (nSPS) is 12.0. The fraction of sp³-hybridized carbons (Fsp3) is 0.130. The number of aryl methyl sites for hydroxylation is 2. The Hall–Kier alpha value is -3.66. The molecule has 10 heteroatoms. The van der Waals surface area contributed by atoms with Crippen molar-refractivity contribution in [1.82, 2.24) is 9.97 Å². The van der Waals surface area contributed by atoms with Crippen molar-refractivity contribution >= 4 is 38.4 Å². The molecule has 0 bridgehead atoms. The van der Waals surface area contributed by atoms with Crippen LogP contribution in [0, 0.1) is 13.8 Å². The molecule has 4 aromatic rings. The maximum absolute atomic E-state index is 13.4. The van der Waals surface area contributed by atoms with Crippen LogP contribution in [0.3, 0.4) is 0 Å². The highest BCUT2D eigenvalue weighted by Gasteiger charge is 2.37. The molecule has 3 aromatic carbocycles. The number of nitrogens with one attached hydrogen (secondary N) is 2. The van der Waals surface area contributed by atoms with Crippen LogP contribution in [-0.4, -0.2) is 18.4 Å². The molecular weight excluding hydrogens is 453 g/mol. The summed E-state index contributed by atoms with van der Waals surface area (Å²) < 4.78 is 68.5. The lowest BCUT2D eigenvalue weighted by Gasteiger charge is -2.16. The minimum atomic E-state index is -4.85. The zero-order valence-electron chi connectivity index (χ0n) is 17.6. The Morgan fingerprint density at radius 1 is 0.788 bits per heavy atom. The van der Waals surface area contributed by atoms with Gasteiger partial charge in [-0.1, -0.05) is 30.3 Å². The van der Waals surface area contributed by atoms with Gasteiger partial charge in [0.05, 0.1) is 21.5 Å². The maximum Gasteiger partial charge on any atom is 0.417 e. The summed E-state index contributed by atoms with van der Waals surface area (Å²) in [7, 11) is -4.64. The lowest BCUT2D eigenvalue weighted by atomic mass is 10.1. The zero-order chi connectivity index (χ0) is 23.8. The summed E-state index contributed by atoms with van der Waals surface area (Å²) >= 11 is 0. The van der Waals surface area contributed by atoms with E-state index in [0.717, 1.165) is 29.3 Å². The molecule has 0 saturated carbocycles. The average molecular weight is 472 g/mol. The first-order chi connectivity index (χ1) is 15.5. The SMILES string of the molecule is Cc1ccc(Nc2nc3ccccc3nc2NS(=O)(=O)c2ccccc2C(F)(F)F)cc1C. The molecule has 0 aliphatic carbocycles. The molecule has 33 heavy (non-hydrogen) atoms. The third-order valence-corrected chi connectivity index (χ3v) is 6.45. The number of benzene rings is 3. The predicted octanol–water partition coefficient (Wildman–Crippen LogP) is 5.81. The quantitative estimate of drug-likeness (QED) is 0.383. The maximum atomic E-state index is 13.4. The molecule has 0 unspecified atom stereocenters. The standard InChI is InChI=1S/C23H19F3N4O2S/c1-14-11-12-16(13-15(14)2)27-21-22(29-19-9-5-4-8-18(19)28-21)30-33(31,32)20-10-6-3-7-17(20)23(24,25)26/h3-13H,1-2H3,(H,27,28)(H,29,30). The Bertz CT molecular complexity index is 1450. The van der Waals surface area contributed by atoms with Crippen molar-refractivity contribution in [2.75, 3.05) is 10.0 Å². The van der Waals surface area contributed by atoms with E-state index in [9.17, 15) is 21.6 Å². The van der Waals surface area contributed by atoms with Gasteiger partial charge < -0.3 is 5.32 Å². The molecule has 0 atom stereocenters. The van der Waals surface area contributed by atoms with Gasteiger partial charge in [0, 0.05) is 5.69 Å². The van der Waals surface area contributed by atoms with Crippen LogP contribution in [0.25, 0.3) is 11.0 Å². The van der Waals surface area contributed by atoms with Crippen molar-refractivity contribution in [2.24, 2.45) is 0 Å². The first-order valence-electron chi connectivity index (χ1n) is 9.85. The topological polar surface area (TPSA) is 84.0 Å². The average Bonchev–Trinajstić information content (AvgIpc) is 2.76. The molecule has 1 heterocycles. The van der Waals surface area contributed by atoms with Crippen LogP contribution in [0.5, 0.6) is 0 Å². The summed E-state index contributed by atoms with van der Waals surface area (Å²) in [6, 6.07) is 16.3. The molecule has 0 amide bonds. The van der Waals surface area contributed by atoms with Gasteiger partial charge >= 0.3 is 6.18 Å². The summed E-state index contributed by atoms with van der Waals surface area (Å²) in [6.45, 7) is 3.87. The molecule has 0 aliphatic heterocycles. The molecule has 0 radical (unpaired) electrons. The van der Waals surface area contributed by atoms with Crippen LogP contribution in [0.1, 0.15) is 16.7 Å². The van der Waals surface area contributed by atoms with Crippen molar-refractivity contribution in [3.63, 3.8) is 0 Å². The van der Waals surface area contributed by atoms with Crippen molar-refractivity contribution in [2.45, 2.75) is 24.9 Å². The van der Waals surface area contributed by atoms with E-state index in [4.69, 9.17) is 0 Å². The Morgan fingerprint density at radius 3 is 2.03 bits per heavy atom. The Morgan fingerprint density at radius 2 is 1.39 bits per heavy atom. The van der Waals surface area contributed by atoms with Gasteiger partial charge in [-0.05, 0) is 61.4 Å². The molecular formula is C23H19F3N4O2S. The van der Waals surface area contributed by atoms with Crippen molar-refractivity contribution in [1.29, 1.82) is 0 Å². The Labute approximate surface area is 188 Å². The fourth-order valence-corrected chi connectivity index (χ4v) is 4.47. The highest BCUT2D eigenvalue weighted by atomic mass is 32.2. The summed E-state index contributed by atoms with van der Waals surface area (Å²) in [5.41, 5.74) is 2.28. The van der Waals surface area contributed by atoms with Gasteiger partial charge in [0.2, 0.25) is 0 Å². The molecule has 2 N–H and O–H groups in total. The number of aromatic nitrogens is 2.